The Labute approximate surface area is 163 Å². The van der Waals surface area contributed by atoms with Gasteiger partial charge in [-0.3, -0.25) is 24.0 Å². The fraction of sp³-hybridized carbons (Fsp3) is 0.429. The molecule has 5 atom stereocenters. The molecule has 0 saturated carbocycles. The van der Waals surface area contributed by atoms with Gasteiger partial charge in [0.15, 0.2) is 17.9 Å². The molecule has 2 aromatic rings. The first-order valence-electron chi connectivity index (χ1n) is 9.65. The van der Waals surface area contributed by atoms with Crippen molar-refractivity contribution >= 4 is 11.6 Å². The molecule has 1 aromatic carbocycles. The number of hydrogen-bond donors (Lipinski definition) is 0. The van der Waals surface area contributed by atoms with Crippen molar-refractivity contribution in [3.8, 4) is 0 Å². The molecule has 0 amide bonds. The van der Waals surface area contributed by atoms with Gasteiger partial charge in [-0.1, -0.05) is 24.3 Å². The number of fused-ring (bicyclic) bond motifs is 4. The van der Waals surface area contributed by atoms with Gasteiger partial charge in [0, 0.05) is 43.4 Å². The van der Waals surface area contributed by atoms with E-state index < -0.39 is 6.04 Å². The third-order valence-electron chi connectivity index (χ3n) is 6.75. The lowest BCUT2D eigenvalue weighted by molar-refractivity contribution is -0.834. The van der Waals surface area contributed by atoms with Crippen molar-refractivity contribution in [3.05, 3.63) is 59.7 Å². The van der Waals surface area contributed by atoms with E-state index in [1.807, 2.05) is 12.1 Å². The largest absolute Gasteiger partial charge is 0.379 e. The van der Waals surface area contributed by atoms with Gasteiger partial charge in [-0.05, 0) is 6.92 Å². The van der Waals surface area contributed by atoms with E-state index in [-0.39, 0.29) is 29.8 Å². The molecule has 3 heterocycles. The van der Waals surface area contributed by atoms with E-state index in [1.165, 1.54) is 0 Å². The molecular formula is C21H23N4O3+. The molecule has 7 heteroatoms. The van der Waals surface area contributed by atoms with E-state index in [0.29, 0.717) is 28.8 Å². The van der Waals surface area contributed by atoms with Gasteiger partial charge in [0.05, 0.1) is 12.3 Å². The number of methoxy groups -OCH3 is 1. The van der Waals surface area contributed by atoms with Crippen LogP contribution >= 0.6 is 0 Å². The second-order valence-corrected chi connectivity index (χ2v) is 7.90. The van der Waals surface area contributed by atoms with Gasteiger partial charge in [0.25, 0.3) is 0 Å². The number of carbonyl (C=O) groups excluding carboxylic acids is 2. The standard InChI is InChI=1S/C21H23N4O3/c1-13-21-24(12-14-11-22-7-8-23-14)17-18(25(13,21)9-10-28-2)20(27)16-6-4-3-5-15(16)19(17)26/h3-8,11,13,17-18,21H,9-10,12H2,1-2H3/q+1/t13?,17?,18?,21-,25?/m1/s1. The second-order valence-electron chi connectivity index (χ2n) is 7.90. The zero-order valence-corrected chi connectivity index (χ0v) is 16.0. The van der Waals surface area contributed by atoms with Crippen LogP contribution in [0, 0.1) is 0 Å². The Morgan fingerprint density at radius 3 is 2.57 bits per heavy atom. The Bertz CT molecular complexity index is 950. The number of nitrogens with zero attached hydrogens (tertiary/aromatic N) is 4. The highest BCUT2D eigenvalue weighted by Crippen LogP contribution is 2.55. The summed E-state index contributed by atoms with van der Waals surface area (Å²) < 4.78 is 5.96. The summed E-state index contributed by atoms with van der Waals surface area (Å²) in [5.74, 6) is 0.116. The van der Waals surface area contributed by atoms with Crippen molar-refractivity contribution < 1.29 is 18.8 Å². The molecular weight excluding hydrogens is 356 g/mol. The summed E-state index contributed by atoms with van der Waals surface area (Å²) >= 11 is 0. The molecule has 0 spiro atoms. The number of Topliss-reactive ketones (excluding diaryl/α,β-unsaturated/α-hetero) is 2. The lowest BCUT2D eigenvalue weighted by Crippen LogP contribution is -2.58. The van der Waals surface area contributed by atoms with Crippen molar-refractivity contribution in [2.24, 2.45) is 0 Å². The molecule has 2 aliphatic heterocycles. The van der Waals surface area contributed by atoms with Crippen molar-refractivity contribution in [2.75, 3.05) is 20.3 Å². The third kappa shape index (κ3) is 2.21. The lowest BCUT2D eigenvalue weighted by Gasteiger charge is -2.34. The number of ether oxygens (including phenoxy) is 1. The van der Waals surface area contributed by atoms with Crippen LogP contribution in [0.4, 0.5) is 0 Å². The van der Waals surface area contributed by atoms with E-state index in [2.05, 4.69) is 21.8 Å². The maximum atomic E-state index is 13.5. The first-order valence-corrected chi connectivity index (χ1v) is 9.65. The number of piperazine rings is 1. The Morgan fingerprint density at radius 1 is 1.14 bits per heavy atom. The van der Waals surface area contributed by atoms with Crippen LogP contribution in [0.25, 0.3) is 0 Å². The maximum absolute atomic E-state index is 13.5. The molecule has 3 aliphatic rings. The van der Waals surface area contributed by atoms with Crippen LogP contribution in [0.2, 0.25) is 0 Å². The summed E-state index contributed by atoms with van der Waals surface area (Å²) in [5, 5.41) is 0. The van der Waals surface area contributed by atoms with E-state index in [0.717, 1.165) is 12.2 Å². The average Bonchev–Trinajstić information content (AvgIpc) is 3.18. The number of quaternary nitrogens is 1. The van der Waals surface area contributed by atoms with Gasteiger partial charge in [-0.2, -0.15) is 0 Å². The number of benzene rings is 1. The predicted octanol–water partition coefficient (Wildman–Crippen LogP) is 1.30. The van der Waals surface area contributed by atoms with Crippen LogP contribution in [0.3, 0.4) is 0 Å². The number of ketones is 2. The molecule has 1 aromatic heterocycles. The summed E-state index contributed by atoms with van der Waals surface area (Å²) in [6.07, 6.45) is 5.15. The highest BCUT2D eigenvalue weighted by Gasteiger charge is 2.81. The molecule has 2 fully saturated rings. The number of hydrogen-bond acceptors (Lipinski definition) is 6. The molecule has 4 unspecified atom stereocenters. The Kier molecular flexibility index (Phi) is 3.94. The van der Waals surface area contributed by atoms with Crippen LogP contribution in [0.15, 0.2) is 42.9 Å². The zero-order chi connectivity index (χ0) is 19.5. The molecule has 7 nitrogen and oxygen atoms in total. The van der Waals surface area contributed by atoms with Gasteiger partial charge in [-0.25, -0.2) is 4.90 Å². The van der Waals surface area contributed by atoms with Crippen LogP contribution in [0.1, 0.15) is 33.3 Å². The Balaban J connectivity index is 1.60. The fourth-order valence-corrected chi connectivity index (χ4v) is 5.54. The van der Waals surface area contributed by atoms with Crippen molar-refractivity contribution in [3.63, 3.8) is 0 Å². The lowest BCUT2D eigenvalue weighted by atomic mass is 9.81. The third-order valence-corrected chi connectivity index (χ3v) is 6.75. The predicted molar refractivity (Wildman–Crippen MR) is 101 cm³/mol. The van der Waals surface area contributed by atoms with E-state index >= 15 is 0 Å². The number of carbonyl (C=O) groups is 2. The summed E-state index contributed by atoms with van der Waals surface area (Å²) in [5.41, 5.74) is 1.91. The molecule has 144 valence electrons. The summed E-state index contributed by atoms with van der Waals surface area (Å²) in [6.45, 7) is 3.96. The Hall–Kier alpha value is -2.48. The van der Waals surface area contributed by atoms with E-state index in [4.69, 9.17) is 4.74 Å². The summed E-state index contributed by atoms with van der Waals surface area (Å²) in [7, 11) is 1.68. The minimum atomic E-state index is -0.456. The first kappa shape index (κ1) is 17.6. The molecule has 0 N–H and O–H groups in total. The molecule has 0 bridgehead atoms. The van der Waals surface area contributed by atoms with Gasteiger partial charge >= 0.3 is 0 Å². The molecule has 5 rings (SSSR count). The normalized spacial score (nSPS) is 33.4. The summed E-state index contributed by atoms with van der Waals surface area (Å²) in [4.78, 5) is 37.7. The van der Waals surface area contributed by atoms with Gasteiger partial charge in [0.1, 0.15) is 12.6 Å². The van der Waals surface area contributed by atoms with Crippen LogP contribution in [-0.4, -0.2) is 75.5 Å². The van der Waals surface area contributed by atoms with E-state index in [1.54, 1.807) is 37.8 Å². The number of rotatable bonds is 5. The van der Waals surface area contributed by atoms with Crippen molar-refractivity contribution in [2.45, 2.75) is 37.8 Å². The highest BCUT2D eigenvalue weighted by molar-refractivity contribution is 6.19. The highest BCUT2D eigenvalue weighted by atomic mass is 16.5. The smallest absolute Gasteiger partial charge is 0.222 e. The molecule has 28 heavy (non-hydrogen) atoms. The topological polar surface area (TPSA) is 72.4 Å². The maximum Gasteiger partial charge on any atom is 0.222 e. The summed E-state index contributed by atoms with van der Waals surface area (Å²) in [6, 6.07) is 6.65. The Morgan fingerprint density at radius 2 is 1.89 bits per heavy atom. The van der Waals surface area contributed by atoms with Crippen LogP contribution in [0.5, 0.6) is 0 Å². The van der Waals surface area contributed by atoms with Crippen molar-refractivity contribution in [1.29, 1.82) is 0 Å². The SMILES string of the molecule is COCC[N+]12C3C(=O)c4ccccc4C(=O)C3N(Cc3cnccn3)[C@H]1C2C. The molecule has 1 aliphatic carbocycles. The van der Waals surface area contributed by atoms with Crippen molar-refractivity contribution in [1.82, 2.24) is 14.9 Å². The molecule has 2 saturated heterocycles. The molecule has 0 radical (unpaired) electrons. The first-order chi connectivity index (χ1) is 13.6. The quantitative estimate of drug-likeness (QED) is 0.576. The van der Waals surface area contributed by atoms with Gasteiger partial charge in [-0.15, -0.1) is 0 Å². The average molecular weight is 379 g/mol. The minimum absolute atomic E-state index is 0.0402. The zero-order valence-electron chi connectivity index (χ0n) is 16.0. The monoisotopic (exact) mass is 379 g/mol. The van der Waals surface area contributed by atoms with Gasteiger partial charge in [0.2, 0.25) is 11.9 Å². The van der Waals surface area contributed by atoms with Crippen LogP contribution < -0.4 is 0 Å². The minimum Gasteiger partial charge on any atom is -0.379 e. The van der Waals surface area contributed by atoms with Crippen LogP contribution in [-0.2, 0) is 11.3 Å². The van der Waals surface area contributed by atoms with E-state index in [9.17, 15) is 9.59 Å². The second kappa shape index (κ2) is 6.27. The fourth-order valence-electron chi connectivity index (χ4n) is 5.54. The van der Waals surface area contributed by atoms with Gasteiger partial charge < -0.3 is 4.74 Å². The number of aromatic nitrogens is 2.